The van der Waals surface area contributed by atoms with Gasteiger partial charge in [0, 0.05) is 19.1 Å². The number of carbonyl (C=O) groups excluding carboxylic acids is 2. The Balaban J connectivity index is 1.27. The third kappa shape index (κ3) is 8.95. The Morgan fingerprint density at radius 1 is 0.950 bits per heavy atom. The van der Waals surface area contributed by atoms with E-state index in [0.29, 0.717) is 32.1 Å². The van der Waals surface area contributed by atoms with E-state index in [-0.39, 0.29) is 23.8 Å². The van der Waals surface area contributed by atoms with Crippen LogP contribution >= 0.6 is 0 Å². The Labute approximate surface area is 237 Å². The van der Waals surface area contributed by atoms with E-state index >= 15 is 0 Å². The average Bonchev–Trinajstić information content (AvgIpc) is 3.39. The molecule has 2 unspecified atom stereocenters. The summed E-state index contributed by atoms with van der Waals surface area (Å²) in [6, 6.07) is 28.0. The molecule has 3 amide bonds. The van der Waals surface area contributed by atoms with E-state index in [9.17, 15) is 9.59 Å². The molecule has 8 nitrogen and oxygen atoms in total. The molecule has 3 aromatic rings. The summed E-state index contributed by atoms with van der Waals surface area (Å²) >= 11 is 0. The lowest BCUT2D eigenvalue weighted by molar-refractivity contribution is -0.122. The van der Waals surface area contributed by atoms with Gasteiger partial charge in [0.25, 0.3) is 0 Å². The summed E-state index contributed by atoms with van der Waals surface area (Å²) in [7, 11) is 2.12. The van der Waals surface area contributed by atoms with Crippen molar-refractivity contribution in [1.82, 2.24) is 20.9 Å². The standard InChI is InChI=1S/C32H40N6O2/c1-38-19-9-16-28(38)17-18-34-32(40)37-31(33)36-23-26-13-8-12-25(20-26)22-35-30(39)29(27-14-6-3-7-15-27)21-24-10-4-2-5-11-24/h2-8,10-15,20,28-29H,9,16-19,21-23H2,1H3,(H,35,39)(H4,33,34,36,37,40). The van der Waals surface area contributed by atoms with Gasteiger partial charge in [-0.05, 0) is 61.5 Å². The van der Waals surface area contributed by atoms with Crippen molar-refractivity contribution in [3.8, 4) is 0 Å². The van der Waals surface area contributed by atoms with Gasteiger partial charge < -0.3 is 21.3 Å². The van der Waals surface area contributed by atoms with E-state index in [0.717, 1.165) is 35.2 Å². The smallest absolute Gasteiger partial charge is 0.321 e. The van der Waals surface area contributed by atoms with Crippen molar-refractivity contribution in [3.05, 3.63) is 107 Å². The van der Waals surface area contributed by atoms with Crippen LogP contribution in [0.1, 0.15) is 47.4 Å². The van der Waals surface area contributed by atoms with Crippen LogP contribution in [0.4, 0.5) is 4.79 Å². The molecule has 5 N–H and O–H groups in total. The number of rotatable bonds is 11. The highest BCUT2D eigenvalue weighted by Crippen LogP contribution is 2.22. The molecule has 0 bridgehead atoms. The van der Waals surface area contributed by atoms with Crippen LogP contribution in [0.3, 0.4) is 0 Å². The lowest BCUT2D eigenvalue weighted by atomic mass is 9.91. The number of nitrogens with zero attached hydrogens (tertiary/aromatic N) is 2. The molecule has 3 aromatic carbocycles. The summed E-state index contributed by atoms with van der Waals surface area (Å²) in [4.78, 5) is 32.1. The van der Waals surface area contributed by atoms with Crippen molar-refractivity contribution in [2.45, 2.75) is 50.7 Å². The molecule has 0 spiro atoms. The van der Waals surface area contributed by atoms with Gasteiger partial charge in [0.1, 0.15) is 0 Å². The Kier molecular flexibility index (Phi) is 10.7. The third-order valence-corrected chi connectivity index (χ3v) is 7.37. The lowest BCUT2D eigenvalue weighted by Gasteiger charge is -2.19. The molecule has 40 heavy (non-hydrogen) atoms. The SMILES string of the molecule is CN1CCCC1CCNC(=O)NC(N)=NCc1cccc(CNC(=O)C(Cc2ccccc2)c2ccccc2)c1. The predicted molar refractivity (Wildman–Crippen MR) is 160 cm³/mol. The topological polar surface area (TPSA) is 112 Å². The molecule has 1 aliphatic rings. The average molecular weight is 541 g/mol. The normalized spacial score (nSPS) is 16.3. The van der Waals surface area contributed by atoms with Gasteiger partial charge in [0.05, 0.1) is 12.5 Å². The molecule has 0 aromatic heterocycles. The van der Waals surface area contributed by atoms with E-state index in [1.807, 2.05) is 84.9 Å². The molecule has 210 valence electrons. The van der Waals surface area contributed by atoms with Gasteiger partial charge in [0.2, 0.25) is 5.91 Å². The monoisotopic (exact) mass is 540 g/mol. The van der Waals surface area contributed by atoms with Crippen LogP contribution in [0.5, 0.6) is 0 Å². The highest BCUT2D eigenvalue weighted by Gasteiger charge is 2.21. The predicted octanol–water partition coefficient (Wildman–Crippen LogP) is 3.93. The van der Waals surface area contributed by atoms with Gasteiger partial charge in [-0.1, -0.05) is 84.9 Å². The molecule has 4 rings (SSSR count). The third-order valence-electron chi connectivity index (χ3n) is 7.37. The number of hydrogen-bond acceptors (Lipinski definition) is 4. The fourth-order valence-electron chi connectivity index (χ4n) is 5.12. The number of hydrogen-bond donors (Lipinski definition) is 4. The number of likely N-dealkylation sites (tertiary alicyclic amines) is 1. The van der Waals surface area contributed by atoms with Crippen LogP contribution in [0.25, 0.3) is 0 Å². The van der Waals surface area contributed by atoms with Gasteiger partial charge in [-0.25, -0.2) is 9.79 Å². The zero-order chi connectivity index (χ0) is 28.2. The number of aliphatic imine (C=N–C) groups is 1. The fourth-order valence-corrected chi connectivity index (χ4v) is 5.12. The van der Waals surface area contributed by atoms with Gasteiger partial charge in [-0.15, -0.1) is 0 Å². The Bertz CT molecular complexity index is 1260. The van der Waals surface area contributed by atoms with E-state index in [4.69, 9.17) is 5.73 Å². The Hall–Kier alpha value is -4.17. The summed E-state index contributed by atoms with van der Waals surface area (Å²) < 4.78 is 0. The minimum Gasteiger partial charge on any atom is -0.370 e. The minimum absolute atomic E-state index is 0.0162. The number of amides is 3. The Morgan fingerprint density at radius 2 is 1.65 bits per heavy atom. The second-order valence-electron chi connectivity index (χ2n) is 10.3. The zero-order valence-corrected chi connectivity index (χ0v) is 23.2. The molecule has 1 aliphatic heterocycles. The molecule has 1 fully saturated rings. The molecule has 0 aliphatic carbocycles. The van der Waals surface area contributed by atoms with Crippen LogP contribution < -0.4 is 21.7 Å². The van der Waals surface area contributed by atoms with Gasteiger partial charge >= 0.3 is 6.03 Å². The summed E-state index contributed by atoms with van der Waals surface area (Å²) in [5, 5.41) is 8.56. The van der Waals surface area contributed by atoms with Crippen molar-refractivity contribution in [2.24, 2.45) is 10.7 Å². The molecule has 0 saturated carbocycles. The van der Waals surface area contributed by atoms with Crippen molar-refractivity contribution in [2.75, 3.05) is 20.1 Å². The summed E-state index contributed by atoms with van der Waals surface area (Å²) in [6.07, 6.45) is 3.93. The summed E-state index contributed by atoms with van der Waals surface area (Å²) in [5.74, 6) is -0.231. The number of carbonyl (C=O) groups is 2. The molecular formula is C32H40N6O2. The van der Waals surface area contributed by atoms with Crippen LogP contribution in [-0.2, 0) is 24.3 Å². The summed E-state index contributed by atoms with van der Waals surface area (Å²) in [6.45, 7) is 2.44. The highest BCUT2D eigenvalue weighted by molar-refractivity contribution is 5.95. The maximum atomic E-state index is 13.3. The van der Waals surface area contributed by atoms with Crippen LogP contribution in [0.15, 0.2) is 89.9 Å². The minimum atomic E-state index is -0.346. The first-order valence-electron chi connectivity index (χ1n) is 14.0. The van der Waals surface area contributed by atoms with Gasteiger partial charge in [-0.3, -0.25) is 10.1 Å². The van der Waals surface area contributed by atoms with Crippen LogP contribution in [0, 0.1) is 0 Å². The largest absolute Gasteiger partial charge is 0.370 e. The van der Waals surface area contributed by atoms with Crippen molar-refractivity contribution >= 4 is 17.9 Å². The molecule has 8 heteroatoms. The summed E-state index contributed by atoms with van der Waals surface area (Å²) in [5.41, 5.74) is 9.95. The van der Waals surface area contributed by atoms with E-state index in [2.05, 4.69) is 32.9 Å². The van der Waals surface area contributed by atoms with Gasteiger partial charge in [-0.2, -0.15) is 0 Å². The zero-order valence-electron chi connectivity index (χ0n) is 23.2. The van der Waals surface area contributed by atoms with Crippen molar-refractivity contribution in [3.63, 3.8) is 0 Å². The van der Waals surface area contributed by atoms with E-state index < -0.39 is 0 Å². The molecule has 2 atom stereocenters. The number of guanidine groups is 1. The molecule has 1 heterocycles. The van der Waals surface area contributed by atoms with Crippen LogP contribution in [0.2, 0.25) is 0 Å². The second kappa shape index (κ2) is 14.8. The van der Waals surface area contributed by atoms with E-state index in [1.165, 1.54) is 12.8 Å². The first kappa shape index (κ1) is 28.8. The first-order chi connectivity index (χ1) is 19.5. The van der Waals surface area contributed by atoms with E-state index in [1.54, 1.807) is 0 Å². The molecular weight excluding hydrogens is 500 g/mol. The number of nitrogens with two attached hydrogens (primary N) is 1. The highest BCUT2D eigenvalue weighted by atomic mass is 16.2. The Morgan fingerprint density at radius 3 is 2.38 bits per heavy atom. The maximum absolute atomic E-state index is 13.3. The lowest BCUT2D eigenvalue weighted by Crippen LogP contribution is -2.44. The van der Waals surface area contributed by atoms with Crippen molar-refractivity contribution in [1.29, 1.82) is 0 Å². The first-order valence-corrected chi connectivity index (χ1v) is 14.0. The van der Waals surface area contributed by atoms with Gasteiger partial charge in [0.15, 0.2) is 5.96 Å². The fraction of sp³-hybridized carbons (Fsp3) is 0.344. The number of nitrogens with one attached hydrogen (secondary N) is 3. The molecule has 1 saturated heterocycles. The second-order valence-corrected chi connectivity index (χ2v) is 10.3. The quantitative estimate of drug-likeness (QED) is 0.218. The number of urea groups is 1. The number of benzene rings is 3. The maximum Gasteiger partial charge on any atom is 0.321 e. The van der Waals surface area contributed by atoms with Crippen molar-refractivity contribution < 1.29 is 9.59 Å². The molecule has 0 radical (unpaired) electrons. The van der Waals surface area contributed by atoms with Crippen LogP contribution in [-0.4, -0.2) is 49.0 Å².